The van der Waals surface area contributed by atoms with E-state index in [-0.39, 0.29) is 24.0 Å². The molecule has 1 fully saturated rings. The van der Waals surface area contributed by atoms with Crippen LogP contribution in [0.1, 0.15) is 48.9 Å². The highest BCUT2D eigenvalue weighted by molar-refractivity contribution is 5.92. The van der Waals surface area contributed by atoms with E-state index in [0.29, 0.717) is 36.0 Å². The monoisotopic (exact) mass is 615 g/mol. The number of ether oxygens (including phenoxy) is 1. The highest BCUT2D eigenvalue weighted by atomic mass is 16.5. The number of amides is 1. The number of anilines is 2. The van der Waals surface area contributed by atoms with Gasteiger partial charge in [0.25, 0.3) is 0 Å². The van der Waals surface area contributed by atoms with Gasteiger partial charge in [-0.25, -0.2) is 29.9 Å². The SMILES string of the molecule is COc1ncc(-c2cnc(N(C(=O)CCc3ccccc3)C3CCC(Nc4ncc(C#N)c(-c5cn[nH]c5C)n4)CC3)nc2)cn1. The van der Waals surface area contributed by atoms with Gasteiger partial charge in [0.1, 0.15) is 6.07 Å². The number of H-pyrrole nitrogens is 1. The van der Waals surface area contributed by atoms with Crippen LogP contribution in [-0.2, 0) is 11.2 Å². The molecule has 2 N–H and O–H groups in total. The van der Waals surface area contributed by atoms with E-state index >= 15 is 0 Å². The van der Waals surface area contributed by atoms with Crippen molar-refractivity contribution in [2.45, 2.75) is 57.5 Å². The van der Waals surface area contributed by atoms with Crippen molar-refractivity contribution in [1.29, 1.82) is 5.26 Å². The first-order valence-corrected chi connectivity index (χ1v) is 15.1. The maximum absolute atomic E-state index is 13.8. The molecular formula is C33H33N11O2. The van der Waals surface area contributed by atoms with Gasteiger partial charge in [0.05, 0.1) is 30.8 Å². The Labute approximate surface area is 266 Å². The van der Waals surface area contributed by atoms with Gasteiger partial charge in [-0.2, -0.15) is 10.4 Å². The van der Waals surface area contributed by atoms with Gasteiger partial charge >= 0.3 is 6.01 Å². The van der Waals surface area contributed by atoms with Crippen LogP contribution in [0, 0.1) is 18.3 Å². The molecule has 0 radical (unpaired) electrons. The molecule has 6 rings (SSSR count). The number of benzene rings is 1. The van der Waals surface area contributed by atoms with Gasteiger partial charge in [-0.3, -0.25) is 14.8 Å². The van der Waals surface area contributed by atoms with Crippen molar-refractivity contribution in [2.24, 2.45) is 0 Å². The molecule has 1 saturated carbocycles. The maximum Gasteiger partial charge on any atom is 0.316 e. The van der Waals surface area contributed by atoms with E-state index in [2.05, 4.69) is 51.5 Å². The minimum Gasteiger partial charge on any atom is -0.467 e. The molecule has 4 aromatic heterocycles. The summed E-state index contributed by atoms with van der Waals surface area (Å²) in [5.41, 5.74) is 5.10. The number of aryl methyl sites for hydroxylation is 2. The Kier molecular flexibility index (Phi) is 9.14. The van der Waals surface area contributed by atoms with Gasteiger partial charge in [-0.1, -0.05) is 30.3 Å². The number of aromatic amines is 1. The van der Waals surface area contributed by atoms with E-state index in [9.17, 15) is 10.1 Å². The van der Waals surface area contributed by atoms with Gasteiger partial charge in [-0.15, -0.1) is 0 Å². The molecule has 1 aromatic carbocycles. The maximum atomic E-state index is 13.8. The Hall–Kier alpha value is -5.77. The zero-order valence-electron chi connectivity index (χ0n) is 25.6. The molecular weight excluding hydrogens is 582 g/mol. The van der Waals surface area contributed by atoms with Crippen molar-refractivity contribution >= 4 is 17.8 Å². The fraction of sp³-hybridized carbons (Fsp3) is 0.303. The van der Waals surface area contributed by atoms with Gasteiger partial charge in [0.15, 0.2) is 0 Å². The van der Waals surface area contributed by atoms with Gasteiger partial charge in [0, 0.05) is 65.7 Å². The van der Waals surface area contributed by atoms with Crippen LogP contribution in [0.2, 0.25) is 0 Å². The number of nitrogens with zero attached hydrogens (tertiary/aromatic N) is 9. The zero-order valence-corrected chi connectivity index (χ0v) is 25.6. The molecule has 0 spiro atoms. The van der Waals surface area contributed by atoms with Crippen LogP contribution in [0.25, 0.3) is 22.4 Å². The van der Waals surface area contributed by atoms with E-state index in [1.165, 1.54) is 13.3 Å². The second-order valence-electron chi connectivity index (χ2n) is 11.1. The fourth-order valence-electron chi connectivity index (χ4n) is 5.65. The first-order valence-electron chi connectivity index (χ1n) is 15.1. The number of rotatable bonds is 10. The molecule has 0 aliphatic heterocycles. The molecule has 0 unspecified atom stereocenters. The number of carbonyl (C=O) groups excluding carboxylic acids is 1. The van der Waals surface area contributed by atoms with Gasteiger partial charge < -0.3 is 10.1 Å². The van der Waals surface area contributed by atoms with Crippen LogP contribution in [0.3, 0.4) is 0 Å². The number of nitriles is 1. The molecule has 13 heteroatoms. The normalized spacial score (nSPS) is 15.9. The third-order valence-corrected chi connectivity index (χ3v) is 8.13. The number of hydrogen-bond donors (Lipinski definition) is 2. The molecule has 5 aromatic rings. The molecule has 232 valence electrons. The second-order valence-corrected chi connectivity index (χ2v) is 11.1. The van der Waals surface area contributed by atoms with Crippen molar-refractivity contribution in [1.82, 2.24) is 40.1 Å². The largest absolute Gasteiger partial charge is 0.467 e. The topological polar surface area (TPSA) is 171 Å². The highest BCUT2D eigenvalue weighted by Gasteiger charge is 2.32. The first kappa shape index (κ1) is 30.3. The predicted molar refractivity (Wildman–Crippen MR) is 171 cm³/mol. The minimum absolute atomic E-state index is 0.0173. The molecule has 1 aliphatic carbocycles. The summed E-state index contributed by atoms with van der Waals surface area (Å²) >= 11 is 0. The quantitative estimate of drug-likeness (QED) is 0.223. The zero-order chi connectivity index (χ0) is 31.9. The van der Waals surface area contributed by atoms with E-state index < -0.39 is 0 Å². The van der Waals surface area contributed by atoms with Crippen molar-refractivity contribution in [3.63, 3.8) is 0 Å². The lowest BCUT2D eigenvalue weighted by molar-refractivity contribution is -0.119. The lowest BCUT2D eigenvalue weighted by Crippen LogP contribution is -2.45. The van der Waals surface area contributed by atoms with Gasteiger partial charge in [0.2, 0.25) is 17.8 Å². The van der Waals surface area contributed by atoms with Crippen molar-refractivity contribution in [3.8, 4) is 34.5 Å². The first-order chi connectivity index (χ1) is 22.5. The Morgan fingerprint density at radius 1 is 0.978 bits per heavy atom. The molecule has 46 heavy (non-hydrogen) atoms. The van der Waals surface area contributed by atoms with Crippen molar-refractivity contribution in [3.05, 3.63) is 84.3 Å². The summed E-state index contributed by atoms with van der Waals surface area (Å²) in [5.74, 6) is 0.815. The molecule has 0 saturated heterocycles. The summed E-state index contributed by atoms with van der Waals surface area (Å²) in [6.07, 6.45) is 13.9. The molecule has 0 atom stereocenters. The van der Waals surface area contributed by atoms with Crippen LogP contribution < -0.4 is 15.0 Å². The third-order valence-electron chi connectivity index (χ3n) is 8.13. The van der Waals surface area contributed by atoms with Crippen molar-refractivity contribution < 1.29 is 9.53 Å². The summed E-state index contributed by atoms with van der Waals surface area (Å²) in [6.45, 7) is 1.89. The number of methoxy groups -OCH3 is 1. The number of carbonyl (C=O) groups is 1. The van der Waals surface area contributed by atoms with Crippen LogP contribution in [0.5, 0.6) is 6.01 Å². The lowest BCUT2D eigenvalue weighted by atomic mass is 9.90. The number of nitrogens with one attached hydrogen (secondary N) is 2. The van der Waals surface area contributed by atoms with Gasteiger partial charge in [-0.05, 0) is 44.6 Å². The molecule has 13 nitrogen and oxygen atoms in total. The van der Waals surface area contributed by atoms with Crippen LogP contribution in [0.15, 0.2) is 67.5 Å². The summed E-state index contributed by atoms with van der Waals surface area (Å²) in [5, 5.41) is 20.0. The number of aromatic nitrogens is 8. The average Bonchev–Trinajstić information content (AvgIpc) is 3.54. The van der Waals surface area contributed by atoms with E-state index in [1.54, 1.807) is 35.9 Å². The van der Waals surface area contributed by atoms with E-state index in [4.69, 9.17) is 4.74 Å². The highest BCUT2D eigenvalue weighted by Crippen LogP contribution is 2.30. The Morgan fingerprint density at radius 3 is 2.30 bits per heavy atom. The van der Waals surface area contributed by atoms with Crippen LogP contribution in [-0.4, -0.2) is 65.2 Å². The van der Waals surface area contributed by atoms with Crippen LogP contribution in [0.4, 0.5) is 11.9 Å². The third kappa shape index (κ3) is 6.81. The predicted octanol–water partition coefficient (Wildman–Crippen LogP) is 4.69. The summed E-state index contributed by atoms with van der Waals surface area (Å²) < 4.78 is 5.05. The molecule has 1 amide bonds. The smallest absolute Gasteiger partial charge is 0.316 e. The van der Waals surface area contributed by atoms with E-state index in [1.807, 2.05) is 37.3 Å². The minimum atomic E-state index is -0.0671. The lowest BCUT2D eigenvalue weighted by Gasteiger charge is -2.36. The molecule has 1 aliphatic rings. The molecule has 4 heterocycles. The van der Waals surface area contributed by atoms with Crippen molar-refractivity contribution in [2.75, 3.05) is 17.3 Å². The Bertz CT molecular complexity index is 1810. The summed E-state index contributed by atoms with van der Waals surface area (Å²) in [7, 11) is 1.51. The summed E-state index contributed by atoms with van der Waals surface area (Å²) in [4.78, 5) is 42.2. The molecule has 0 bridgehead atoms. The fourth-order valence-corrected chi connectivity index (χ4v) is 5.65. The standard InChI is InChI=1S/C33H33N11O2/c1-21-28(20-40-43-21)30-23(14-34)15-35-31(42-30)41-26-9-11-27(12-10-26)44(29(45)13-8-22-6-4-3-5-7-22)32-36-16-24(17-37-32)25-18-38-33(46-2)39-19-25/h3-7,15-20,26-27H,8-13H2,1-2H3,(H,40,43)(H,35,41,42). The van der Waals surface area contributed by atoms with Crippen LogP contribution >= 0.6 is 0 Å². The second kappa shape index (κ2) is 13.9. The summed E-state index contributed by atoms with van der Waals surface area (Å²) in [6, 6.07) is 12.5. The van der Waals surface area contributed by atoms with E-state index in [0.717, 1.165) is 53.6 Å². The Balaban J connectivity index is 1.17. The number of hydrogen-bond acceptors (Lipinski definition) is 11. The average molecular weight is 616 g/mol. The Morgan fingerprint density at radius 2 is 1.67 bits per heavy atom.